The van der Waals surface area contributed by atoms with Crippen molar-refractivity contribution in [2.75, 3.05) is 13.2 Å². The Balaban J connectivity index is 1.78. The van der Waals surface area contributed by atoms with E-state index in [1.807, 2.05) is 0 Å². The normalized spacial score (nSPS) is 11.7. The molecular formula is C18H21F3N4O3. The highest BCUT2D eigenvalue weighted by molar-refractivity contribution is 5.95. The smallest absolute Gasteiger partial charge is 0.396 e. The van der Waals surface area contributed by atoms with Gasteiger partial charge >= 0.3 is 12.1 Å². The molecule has 7 nitrogen and oxygen atoms in total. The topological polar surface area (TPSA) is 89.6 Å². The Kier molecular flexibility index (Phi) is 7.97. The van der Waals surface area contributed by atoms with Crippen LogP contribution in [0, 0.1) is 0 Å². The molecule has 28 heavy (non-hydrogen) atoms. The molecule has 0 aliphatic rings. The quantitative estimate of drug-likeness (QED) is 0.370. The molecule has 0 saturated carbocycles. The third-order valence-electron chi connectivity index (χ3n) is 3.67. The molecule has 0 aliphatic carbocycles. The lowest BCUT2D eigenvalue weighted by molar-refractivity contribution is -0.159. The lowest BCUT2D eigenvalue weighted by Gasteiger charge is -2.03. The minimum atomic E-state index is -4.70. The molecule has 1 heterocycles. The largest absolute Gasteiger partial charge is 0.471 e. The third-order valence-corrected chi connectivity index (χ3v) is 3.67. The molecule has 0 fully saturated rings. The number of unbranched alkanes of at least 4 members (excludes halogenated alkanes) is 3. The molecule has 0 aliphatic heterocycles. The van der Waals surface area contributed by atoms with Gasteiger partial charge in [0.1, 0.15) is 6.61 Å². The summed E-state index contributed by atoms with van der Waals surface area (Å²) in [5.74, 6) is -1.98. The summed E-state index contributed by atoms with van der Waals surface area (Å²) < 4.78 is 41.6. The van der Waals surface area contributed by atoms with E-state index in [1.165, 1.54) is 30.5 Å². The number of oxime groups is 1. The molecule has 2 aromatic rings. The average molecular weight is 398 g/mol. The number of rotatable bonds is 10. The Morgan fingerprint density at radius 3 is 2.64 bits per heavy atom. The molecule has 10 heteroatoms. The molecule has 1 N–H and O–H groups in total. The van der Waals surface area contributed by atoms with Gasteiger partial charge in [0.15, 0.2) is 0 Å². The summed E-state index contributed by atoms with van der Waals surface area (Å²) in [6.07, 6.45) is 1.10. The lowest BCUT2D eigenvalue weighted by atomic mass is 10.1. The fourth-order valence-corrected chi connectivity index (χ4v) is 2.20. The van der Waals surface area contributed by atoms with Gasteiger partial charge in [0.2, 0.25) is 5.82 Å². The van der Waals surface area contributed by atoms with Gasteiger partial charge in [0.05, 0.1) is 12.8 Å². The van der Waals surface area contributed by atoms with Crippen molar-refractivity contribution in [1.82, 2.24) is 15.5 Å². The van der Waals surface area contributed by atoms with Gasteiger partial charge in [-0.3, -0.25) is 4.79 Å². The van der Waals surface area contributed by atoms with Crippen molar-refractivity contribution in [3.05, 3.63) is 35.7 Å². The minimum absolute atomic E-state index is 0.190. The van der Waals surface area contributed by atoms with Crippen LogP contribution in [0.25, 0.3) is 11.4 Å². The second-order valence-electron chi connectivity index (χ2n) is 5.89. The number of halogens is 3. The van der Waals surface area contributed by atoms with Crippen molar-refractivity contribution >= 4 is 12.1 Å². The van der Waals surface area contributed by atoms with Gasteiger partial charge in [-0.05, 0) is 25.0 Å². The summed E-state index contributed by atoms with van der Waals surface area (Å²) in [6, 6.07) is 5.78. The highest BCUT2D eigenvalue weighted by Gasteiger charge is 2.38. The molecule has 0 unspecified atom stereocenters. The van der Waals surface area contributed by atoms with Crippen LogP contribution in [-0.4, -0.2) is 35.4 Å². The van der Waals surface area contributed by atoms with Gasteiger partial charge in [0.25, 0.3) is 5.91 Å². The molecule has 1 aromatic carbocycles. The zero-order valence-corrected chi connectivity index (χ0v) is 15.3. The van der Waals surface area contributed by atoms with E-state index in [1.54, 1.807) is 0 Å². The van der Waals surface area contributed by atoms with Crippen molar-refractivity contribution in [1.29, 1.82) is 0 Å². The zero-order valence-electron chi connectivity index (χ0n) is 15.3. The second-order valence-corrected chi connectivity index (χ2v) is 5.89. The predicted octanol–water partition coefficient (Wildman–Crippen LogP) is 4.07. The Hall–Kier alpha value is -2.91. The summed E-state index contributed by atoms with van der Waals surface area (Å²) in [5.41, 5.74) is 0.631. The number of nitrogens with one attached hydrogen (secondary N) is 1. The van der Waals surface area contributed by atoms with Gasteiger partial charge < -0.3 is 14.7 Å². The molecule has 2 rings (SSSR count). The number of aromatic nitrogens is 2. The number of nitrogens with zero attached hydrogens (tertiary/aromatic N) is 3. The van der Waals surface area contributed by atoms with Crippen LogP contribution in [0.5, 0.6) is 0 Å². The van der Waals surface area contributed by atoms with E-state index >= 15 is 0 Å². The maximum Gasteiger partial charge on any atom is 0.471 e. The lowest BCUT2D eigenvalue weighted by Crippen LogP contribution is -2.25. The summed E-state index contributed by atoms with van der Waals surface area (Å²) in [5, 5.41) is 9.67. The van der Waals surface area contributed by atoms with Crippen molar-refractivity contribution in [3.63, 3.8) is 0 Å². The molecule has 1 aromatic heterocycles. The van der Waals surface area contributed by atoms with Crippen molar-refractivity contribution in [2.45, 2.75) is 38.8 Å². The van der Waals surface area contributed by atoms with Crippen molar-refractivity contribution in [3.8, 4) is 11.4 Å². The molecule has 152 valence electrons. The monoisotopic (exact) mass is 398 g/mol. The molecule has 0 spiro atoms. The fraction of sp³-hybridized carbons (Fsp3) is 0.444. The second kappa shape index (κ2) is 10.4. The van der Waals surface area contributed by atoms with Gasteiger partial charge in [-0.15, -0.1) is 0 Å². The van der Waals surface area contributed by atoms with Gasteiger partial charge in [-0.25, -0.2) is 0 Å². The van der Waals surface area contributed by atoms with Crippen molar-refractivity contribution in [2.24, 2.45) is 5.16 Å². The number of benzene rings is 1. The molecule has 0 atom stereocenters. The Morgan fingerprint density at radius 1 is 1.25 bits per heavy atom. The summed E-state index contributed by atoms with van der Waals surface area (Å²) >= 11 is 0. The average Bonchev–Trinajstić information content (AvgIpc) is 3.17. The highest BCUT2D eigenvalue weighted by Crippen LogP contribution is 2.29. The Labute approximate surface area is 159 Å². The zero-order chi connectivity index (χ0) is 20.4. The SMILES string of the molecule is CCCCCCO/N=C/CNC(=O)c1ccc(-c2noc(C(F)(F)F)n2)cc1. The van der Waals surface area contributed by atoms with Gasteiger partial charge in [-0.2, -0.15) is 18.2 Å². The number of hydrogen-bond acceptors (Lipinski definition) is 6. The van der Waals surface area contributed by atoms with E-state index in [0.717, 1.165) is 25.7 Å². The number of hydrogen-bond donors (Lipinski definition) is 1. The van der Waals surface area contributed by atoms with Crippen molar-refractivity contribution < 1.29 is 27.3 Å². The van der Waals surface area contributed by atoms with Crippen LogP contribution in [-0.2, 0) is 11.0 Å². The van der Waals surface area contributed by atoms with E-state index in [0.29, 0.717) is 17.7 Å². The summed E-state index contributed by atoms with van der Waals surface area (Å²) in [4.78, 5) is 20.4. The number of carbonyl (C=O) groups is 1. The first-order valence-electron chi connectivity index (χ1n) is 8.85. The fourth-order valence-electron chi connectivity index (χ4n) is 2.20. The number of amides is 1. The van der Waals surface area contributed by atoms with E-state index in [-0.39, 0.29) is 18.3 Å². The first-order valence-corrected chi connectivity index (χ1v) is 8.85. The van der Waals surface area contributed by atoms with E-state index < -0.39 is 12.1 Å². The molecule has 0 radical (unpaired) electrons. The van der Waals surface area contributed by atoms with Crippen LogP contribution in [0.3, 0.4) is 0 Å². The molecule has 0 saturated heterocycles. The van der Waals surface area contributed by atoms with Crippen LogP contribution >= 0.6 is 0 Å². The third kappa shape index (κ3) is 6.67. The Bertz CT molecular complexity index is 773. The van der Waals surface area contributed by atoms with Gasteiger partial charge in [0, 0.05) is 11.1 Å². The van der Waals surface area contributed by atoms with Crippen LogP contribution in [0.2, 0.25) is 0 Å². The molecule has 0 bridgehead atoms. The maximum absolute atomic E-state index is 12.5. The summed E-state index contributed by atoms with van der Waals surface area (Å²) in [7, 11) is 0. The summed E-state index contributed by atoms with van der Waals surface area (Å²) in [6.45, 7) is 2.86. The van der Waals surface area contributed by atoms with E-state index in [2.05, 4.69) is 32.1 Å². The van der Waals surface area contributed by atoms with E-state index in [4.69, 9.17) is 4.84 Å². The van der Waals surface area contributed by atoms with Crippen LogP contribution < -0.4 is 5.32 Å². The molecule has 1 amide bonds. The maximum atomic E-state index is 12.5. The van der Waals surface area contributed by atoms with Crippen LogP contribution in [0.4, 0.5) is 13.2 Å². The van der Waals surface area contributed by atoms with Crippen LogP contribution in [0.15, 0.2) is 33.9 Å². The molecular weight excluding hydrogens is 377 g/mol. The Morgan fingerprint density at radius 2 is 2.00 bits per heavy atom. The van der Waals surface area contributed by atoms with Crippen LogP contribution in [0.1, 0.15) is 48.9 Å². The first-order chi connectivity index (χ1) is 13.4. The van der Waals surface area contributed by atoms with Gasteiger partial charge in [-0.1, -0.05) is 42.2 Å². The first kappa shape index (κ1) is 21.4. The number of alkyl halides is 3. The highest BCUT2D eigenvalue weighted by atomic mass is 19.4. The predicted molar refractivity (Wildman–Crippen MR) is 95.7 cm³/mol. The number of carbonyl (C=O) groups excluding carboxylic acids is 1. The van der Waals surface area contributed by atoms with E-state index in [9.17, 15) is 18.0 Å². The standard InChI is InChI=1S/C18H21F3N4O3/c1-2-3-4-5-12-27-23-11-10-22-16(26)14-8-6-13(7-9-14)15-24-17(28-25-15)18(19,20)21/h6-9,11H,2-5,10,12H2,1H3,(H,22,26)/b23-11+. The minimum Gasteiger partial charge on any atom is -0.396 e.